The van der Waals surface area contributed by atoms with E-state index in [9.17, 15) is 18.5 Å². The molecule has 3 aromatic rings. The third kappa shape index (κ3) is 4.65. The first kappa shape index (κ1) is 21.0. The summed E-state index contributed by atoms with van der Waals surface area (Å²) in [5.74, 6) is 0. The number of aryl methyl sites for hydroxylation is 4. The first-order valence-corrected chi connectivity index (χ1v) is 11.0. The second-order valence-electron chi connectivity index (χ2n) is 7.39. The maximum Gasteiger partial charge on any atom is 0.289 e. The molecule has 0 bridgehead atoms. The maximum atomic E-state index is 12.7. The Kier molecular flexibility index (Phi) is 6.04. The van der Waals surface area contributed by atoms with Gasteiger partial charge >= 0.3 is 0 Å². The third-order valence-electron chi connectivity index (χ3n) is 5.00. The van der Waals surface area contributed by atoms with Crippen LogP contribution in [0.25, 0.3) is 10.9 Å². The first-order valence-electron chi connectivity index (χ1n) is 9.51. The molecule has 8 heteroatoms. The van der Waals surface area contributed by atoms with Crippen molar-refractivity contribution in [1.82, 2.24) is 9.71 Å². The van der Waals surface area contributed by atoms with Gasteiger partial charge in [-0.05, 0) is 74.4 Å². The Labute approximate surface area is 170 Å². The SMILES string of the molecule is Cc1cc(C)c(S(=O)(=O)NCCCCc2ccc3[nH]cc(C)c3c2)c([N+](=O)[O-])c1. The molecule has 0 atom stereocenters. The molecule has 0 spiro atoms. The number of nitro groups is 1. The van der Waals surface area contributed by atoms with Crippen LogP contribution in [0.4, 0.5) is 5.69 Å². The lowest BCUT2D eigenvalue weighted by molar-refractivity contribution is -0.388. The van der Waals surface area contributed by atoms with E-state index in [1.165, 1.54) is 22.6 Å². The van der Waals surface area contributed by atoms with Crippen molar-refractivity contribution in [3.8, 4) is 0 Å². The minimum absolute atomic E-state index is 0.234. The van der Waals surface area contributed by atoms with Crippen LogP contribution in [0.1, 0.15) is 35.1 Å². The summed E-state index contributed by atoms with van der Waals surface area (Å²) in [6, 6.07) is 9.22. The van der Waals surface area contributed by atoms with E-state index in [1.807, 2.05) is 6.20 Å². The summed E-state index contributed by atoms with van der Waals surface area (Å²) in [4.78, 5) is 13.6. The summed E-state index contributed by atoms with van der Waals surface area (Å²) in [6.45, 7) is 5.58. The number of hydrogen-bond acceptors (Lipinski definition) is 4. The zero-order valence-electron chi connectivity index (χ0n) is 16.8. The number of sulfonamides is 1. The van der Waals surface area contributed by atoms with Gasteiger partial charge in [0.05, 0.1) is 4.92 Å². The van der Waals surface area contributed by atoms with Gasteiger partial charge in [-0.2, -0.15) is 0 Å². The Bertz CT molecular complexity index is 1170. The molecule has 0 unspecified atom stereocenters. The van der Waals surface area contributed by atoms with Crippen LogP contribution in [0.2, 0.25) is 0 Å². The average Bonchev–Trinajstić information content (AvgIpc) is 3.01. The fourth-order valence-electron chi connectivity index (χ4n) is 3.61. The third-order valence-corrected chi connectivity index (χ3v) is 6.65. The number of nitrogens with one attached hydrogen (secondary N) is 2. The van der Waals surface area contributed by atoms with Crippen molar-refractivity contribution in [1.29, 1.82) is 0 Å². The number of nitro benzene ring substituents is 1. The highest BCUT2D eigenvalue weighted by molar-refractivity contribution is 7.89. The van der Waals surface area contributed by atoms with Crippen molar-refractivity contribution in [2.45, 2.75) is 44.9 Å². The molecule has 0 saturated carbocycles. The highest BCUT2D eigenvalue weighted by Crippen LogP contribution is 2.28. The molecule has 2 aromatic carbocycles. The number of H-pyrrole nitrogens is 1. The number of benzene rings is 2. The number of aromatic amines is 1. The summed E-state index contributed by atoms with van der Waals surface area (Å²) in [5.41, 5.74) is 4.15. The van der Waals surface area contributed by atoms with Crippen LogP contribution in [0.15, 0.2) is 41.4 Å². The van der Waals surface area contributed by atoms with E-state index < -0.39 is 14.9 Å². The Hall–Kier alpha value is -2.71. The van der Waals surface area contributed by atoms with Crippen molar-refractivity contribution in [2.24, 2.45) is 0 Å². The van der Waals surface area contributed by atoms with E-state index in [1.54, 1.807) is 19.9 Å². The summed E-state index contributed by atoms with van der Waals surface area (Å²) < 4.78 is 27.8. The lowest BCUT2D eigenvalue weighted by Gasteiger charge is -2.11. The van der Waals surface area contributed by atoms with Crippen LogP contribution in [0.3, 0.4) is 0 Å². The monoisotopic (exact) mass is 415 g/mol. The van der Waals surface area contributed by atoms with E-state index in [4.69, 9.17) is 0 Å². The van der Waals surface area contributed by atoms with Crippen molar-refractivity contribution >= 4 is 26.6 Å². The number of nitrogens with zero attached hydrogens (tertiary/aromatic N) is 1. The summed E-state index contributed by atoms with van der Waals surface area (Å²) in [7, 11) is -3.95. The van der Waals surface area contributed by atoms with E-state index in [0.717, 1.165) is 18.4 Å². The minimum Gasteiger partial charge on any atom is -0.361 e. The fourth-order valence-corrected chi connectivity index (χ4v) is 5.06. The normalized spacial score (nSPS) is 11.8. The van der Waals surface area contributed by atoms with Gasteiger partial charge in [0.15, 0.2) is 4.90 Å². The Morgan fingerprint density at radius 3 is 2.55 bits per heavy atom. The number of fused-ring (bicyclic) bond motifs is 1. The number of unbranched alkanes of at least 4 members (excludes halogenated alkanes) is 1. The van der Waals surface area contributed by atoms with Crippen LogP contribution in [0.5, 0.6) is 0 Å². The summed E-state index contributed by atoms with van der Waals surface area (Å²) >= 11 is 0. The van der Waals surface area contributed by atoms with Gasteiger partial charge in [-0.15, -0.1) is 0 Å². The predicted octanol–water partition coefficient (Wildman–Crippen LogP) is 4.30. The Balaban J connectivity index is 1.61. The Morgan fingerprint density at radius 1 is 1.07 bits per heavy atom. The van der Waals surface area contributed by atoms with Gasteiger partial charge in [0.2, 0.25) is 10.0 Å². The van der Waals surface area contributed by atoms with Crippen LogP contribution < -0.4 is 4.72 Å². The van der Waals surface area contributed by atoms with Crippen molar-refractivity contribution in [3.63, 3.8) is 0 Å². The van der Waals surface area contributed by atoms with Crippen LogP contribution in [-0.4, -0.2) is 24.9 Å². The van der Waals surface area contributed by atoms with E-state index in [0.29, 0.717) is 17.5 Å². The number of aromatic nitrogens is 1. The molecule has 7 nitrogen and oxygen atoms in total. The fraction of sp³-hybridized carbons (Fsp3) is 0.333. The number of rotatable bonds is 8. The molecule has 154 valence electrons. The van der Waals surface area contributed by atoms with Crippen LogP contribution in [0, 0.1) is 30.9 Å². The molecular weight excluding hydrogens is 390 g/mol. The molecule has 3 rings (SSSR count). The Morgan fingerprint density at radius 2 is 1.83 bits per heavy atom. The highest BCUT2D eigenvalue weighted by Gasteiger charge is 2.28. The second kappa shape index (κ2) is 8.34. The van der Waals surface area contributed by atoms with Gasteiger partial charge in [0.25, 0.3) is 5.69 Å². The zero-order chi connectivity index (χ0) is 21.2. The zero-order valence-corrected chi connectivity index (χ0v) is 17.6. The predicted molar refractivity (Wildman–Crippen MR) is 114 cm³/mol. The molecule has 29 heavy (non-hydrogen) atoms. The van der Waals surface area contributed by atoms with Gasteiger partial charge in [0.1, 0.15) is 0 Å². The molecule has 0 aliphatic carbocycles. The smallest absolute Gasteiger partial charge is 0.289 e. The average molecular weight is 416 g/mol. The maximum absolute atomic E-state index is 12.7. The minimum atomic E-state index is -3.95. The van der Waals surface area contributed by atoms with Crippen molar-refractivity contribution in [3.05, 3.63) is 68.9 Å². The molecule has 0 radical (unpaired) electrons. The molecule has 0 saturated heterocycles. The van der Waals surface area contributed by atoms with Gasteiger partial charge < -0.3 is 4.98 Å². The summed E-state index contributed by atoms with van der Waals surface area (Å²) in [6.07, 6.45) is 4.27. The van der Waals surface area contributed by atoms with E-state index in [-0.39, 0.29) is 17.1 Å². The van der Waals surface area contributed by atoms with Gasteiger partial charge in [0, 0.05) is 29.7 Å². The lowest BCUT2D eigenvalue weighted by Crippen LogP contribution is -2.26. The highest BCUT2D eigenvalue weighted by atomic mass is 32.2. The van der Waals surface area contributed by atoms with Crippen molar-refractivity contribution < 1.29 is 13.3 Å². The van der Waals surface area contributed by atoms with E-state index >= 15 is 0 Å². The molecule has 0 aliphatic heterocycles. The molecule has 0 fully saturated rings. The van der Waals surface area contributed by atoms with Crippen LogP contribution >= 0.6 is 0 Å². The number of hydrogen-bond donors (Lipinski definition) is 2. The van der Waals surface area contributed by atoms with Crippen LogP contribution in [-0.2, 0) is 16.4 Å². The molecule has 2 N–H and O–H groups in total. The quantitative estimate of drug-likeness (QED) is 0.325. The van der Waals surface area contributed by atoms with E-state index in [2.05, 4.69) is 34.8 Å². The van der Waals surface area contributed by atoms with Gasteiger partial charge in [-0.1, -0.05) is 12.1 Å². The first-order chi connectivity index (χ1) is 13.7. The second-order valence-corrected chi connectivity index (χ2v) is 9.10. The largest absolute Gasteiger partial charge is 0.361 e. The molecule has 1 aromatic heterocycles. The topological polar surface area (TPSA) is 105 Å². The lowest BCUT2D eigenvalue weighted by atomic mass is 10.0. The van der Waals surface area contributed by atoms with Crippen molar-refractivity contribution in [2.75, 3.05) is 6.54 Å². The standard InChI is InChI=1S/C21H25N3O4S/c1-14-10-15(2)21(20(11-14)24(25)26)29(27,28)23-9-5-4-6-17-7-8-19-18(12-17)16(3)13-22-19/h7-8,10-13,22-23H,4-6,9H2,1-3H3. The molecular formula is C21H25N3O4S. The molecule has 1 heterocycles. The summed E-state index contributed by atoms with van der Waals surface area (Å²) in [5, 5.41) is 12.5. The van der Waals surface area contributed by atoms with Gasteiger partial charge in [-0.25, -0.2) is 13.1 Å². The molecule has 0 amide bonds. The molecule has 0 aliphatic rings. The van der Waals surface area contributed by atoms with Gasteiger partial charge in [-0.3, -0.25) is 10.1 Å².